The topological polar surface area (TPSA) is 72.7 Å². The van der Waals surface area contributed by atoms with E-state index in [1.54, 1.807) is 4.68 Å². The third-order valence-corrected chi connectivity index (χ3v) is 5.72. The number of amides is 1. The first-order valence-corrected chi connectivity index (χ1v) is 10.2. The molecule has 0 saturated heterocycles. The molecule has 29 heavy (non-hydrogen) atoms. The molecule has 4 rings (SSSR count). The van der Waals surface area contributed by atoms with Gasteiger partial charge in [0.2, 0.25) is 11.1 Å². The molecule has 0 aliphatic heterocycles. The molecule has 1 heterocycles. The number of aryl methyl sites for hydroxylation is 2. The molecule has 0 aliphatic rings. The molecule has 0 saturated carbocycles. The lowest BCUT2D eigenvalue weighted by Crippen LogP contribution is -2.23. The van der Waals surface area contributed by atoms with Crippen molar-refractivity contribution in [1.82, 2.24) is 20.2 Å². The van der Waals surface area contributed by atoms with Gasteiger partial charge in [0.15, 0.2) is 0 Å². The third-order valence-electron chi connectivity index (χ3n) is 4.69. The number of tetrazole rings is 1. The molecule has 6 nitrogen and oxygen atoms in total. The van der Waals surface area contributed by atoms with Crippen LogP contribution in [0.5, 0.6) is 0 Å². The van der Waals surface area contributed by atoms with Crippen LogP contribution in [0.1, 0.15) is 18.1 Å². The Labute approximate surface area is 173 Å². The molecule has 1 aromatic heterocycles. The molecule has 7 heteroatoms. The maximum Gasteiger partial charge on any atom is 0.237 e. The number of hydrogen-bond acceptors (Lipinski definition) is 5. The first-order chi connectivity index (χ1) is 14.0. The summed E-state index contributed by atoms with van der Waals surface area (Å²) in [6.45, 7) is 5.92. The van der Waals surface area contributed by atoms with Gasteiger partial charge in [0.05, 0.1) is 10.9 Å². The fourth-order valence-electron chi connectivity index (χ4n) is 3.17. The second-order valence-electron chi connectivity index (χ2n) is 6.97. The summed E-state index contributed by atoms with van der Waals surface area (Å²) in [5, 5.41) is 17.5. The predicted octanol–water partition coefficient (Wildman–Crippen LogP) is 4.55. The van der Waals surface area contributed by atoms with Crippen molar-refractivity contribution in [3.63, 3.8) is 0 Å². The maximum atomic E-state index is 12.7. The normalized spacial score (nSPS) is 12.1. The summed E-state index contributed by atoms with van der Waals surface area (Å²) in [5.41, 5.74) is 3.93. The number of thioether (sulfide) groups is 1. The van der Waals surface area contributed by atoms with Crippen molar-refractivity contribution < 1.29 is 4.79 Å². The number of anilines is 1. The Morgan fingerprint density at radius 2 is 1.83 bits per heavy atom. The highest BCUT2D eigenvalue weighted by atomic mass is 32.2. The zero-order valence-corrected chi connectivity index (χ0v) is 17.3. The number of fused-ring (bicyclic) bond motifs is 1. The molecule has 146 valence electrons. The minimum Gasteiger partial charge on any atom is -0.325 e. The van der Waals surface area contributed by atoms with Gasteiger partial charge in [-0.15, -0.1) is 5.10 Å². The van der Waals surface area contributed by atoms with Crippen molar-refractivity contribution in [2.24, 2.45) is 0 Å². The van der Waals surface area contributed by atoms with Gasteiger partial charge >= 0.3 is 0 Å². The van der Waals surface area contributed by atoms with Crippen LogP contribution in [0.3, 0.4) is 0 Å². The minimum atomic E-state index is -0.364. The van der Waals surface area contributed by atoms with E-state index in [-0.39, 0.29) is 11.2 Å². The van der Waals surface area contributed by atoms with Crippen molar-refractivity contribution in [2.75, 3.05) is 5.32 Å². The molecule has 0 aliphatic carbocycles. The fraction of sp³-hybridized carbons (Fsp3) is 0.182. The highest BCUT2D eigenvalue weighted by Gasteiger charge is 2.20. The monoisotopic (exact) mass is 403 g/mol. The average molecular weight is 404 g/mol. The number of hydrogen-bond donors (Lipinski definition) is 1. The lowest BCUT2D eigenvalue weighted by atomic mass is 10.1. The maximum absolute atomic E-state index is 12.7. The summed E-state index contributed by atoms with van der Waals surface area (Å²) in [7, 11) is 0. The Morgan fingerprint density at radius 1 is 1.03 bits per heavy atom. The van der Waals surface area contributed by atoms with Gasteiger partial charge in [-0.2, -0.15) is 4.68 Å². The lowest BCUT2D eigenvalue weighted by molar-refractivity contribution is -0.115. The molecular weight excluding hydrogens is 382 g/mol. The number of aromatic nitrogens is 4. The Hall–Kier alpha value is -3.19. The molecule has 0 unspecified atom stereocenters. The van der Waals surface area contributed by atoms with E-state index in [1.807, 2.05) is 75.4 Å². The quantitative estimate of drug-likeness (QED) is 0.495. The molecule has 0 radical (unpaired) electrons. The van der Waals surface area contributed by atoms with Crippen molar-refractivity contribution in [3.8, 4) is 5.69 Å². The molecule has 3 aromatic carbocycles. The largest absolute Gasteiger partial charge is 0.325 e. The Balaban J connectivity index is 1.50. The fourth-order valence-corrected chi connectivity index (χ4v) is 3.97. The second-order valence-corrected chi connectivity index (χ2v) is 8.28. The minimum absolute atomic E-state index is 0.0968. The number of rotatable bonds is 5. The number of carbonyl (C=O) groups is 1. The summed E-state index contributed by atoms with van der Waals surface area (Å²) in [6.07, 6.45) is 0. The Morgan fingerprint density at radius 3 is 2.62 bits per heavy atom. The molecule has 4 aromatic rings. The number of benzene rings is 3. The van der Waals surface area contributed by atoms with Crippen LogP contribution in [-0.2, 0) is 4.79 Å². The molecule has 0 spiro atoms. The smallest absolute Gasteiger partial charge is 0.237 e. The van der Waals surface area contributed by atoms with Gasteiger partial charge < -0.3 is 5.32 Å². The van der Waals surface area contributed by atoms with Gasteiger partial charge in [0.1, 0.15) is 0 Å². The van der Waals surface area contributed by atoms with Crippen molar-refractivity contribution in [3.05, 3.63) is 71.8 Å². The molecule has 1 amide bonds. The van der Waals surface area contributed by atoms with Gasteiger partial charge in [-0.25, -0.2) is 0 Å². The summed E-state index contributed by atoms with van der Waals surface area (Å²) >= 11 is 1.33. The second kappa shape index (κ2) is 8.05. The summed E-state index contributed by atoms with van der Waals surface area (Å²) in [4.78, 5) is 12.7. The van der Waals surface area contributed by atoms with Crippen LogP contribution in [0.2, 0.25) is 0 Å². The van der Waals surface area contributed by atoms with E-state index in [0.29, 0.717) is 5.16 Å². The van der Waals surface area contributed by atoms with Crippen LogP contribution in [-0.4, -0.2) is 31.4 Å². The SMILES string of the molecule is Cc1ccc(-n2nnnc2S[C@@H](C)C(=O)Nc2ccc3ccccc3c2)c(C)c1. The van der Waals surface area contributed by atoms with E-state index in [4.69, 9.17) is 0 Å². The van der Waals surface area contributed by atoms with Gasteiger partial charge in [-0.3, -0.25) is 4.79 Å². The number of carbonyl (C=O) groups excluding carboxylic acids is 1. The average Bonchev–Trinajstić information content (AvgIpc) is 3.15. The van der Waals surface area contributed by atoms with E-state index < -0.39 is 0 Å². The van der Waals surface area contributed by atoms with Crippen LogP contribution in [0.4, 0.5) is 5.69 Å². The van der Waals surface area contributed by atoms with Gasteiger partial charge in [-0.1, -0.05) is 59.8 Å². The standard InChI is InChI=1S/C22H21N5OS/c1-14-8-11-20(15(2)12-14)27-22(24-25-26-27)29-16(3)21(28)23-19-10-9-17-6-4-5-7-18(17)13-19/h4-13,16H,1-3H3,(H,23,28)/t16-/m0/s1. The van der Waals surface area contributed by atoms with Crippen LogP contribution >= 0.6 is 11.8 Å². The first-order valence-electron chi connectivity index (χ1n) is 9.33. The molecule has 1 N–H and O–H groups in total. The molecular formula is C22H21N5OS. The zero-order chi connectivity index (χ0) is 20.4. The van der Waals surface area contributed by atoms with E-state index in [2.05, 4.69) is 26.9 Å². The van der Waals surface area contributed by atoms with Crippen LogP contribution < -0.4 is 5.32 Å². The highest BCUT2D eigenvalue weighted by Crippen LogP contribution is 2.26. The van der Waals surface area contributed by atoms with Crippen molar-refractivity contribution >= 4 is 34.1 Å². The van der Waals surface area contributed by atoms with Gasteiger partial charge in [0, 0.05) is 5.69 Å². The van der Waals surface area contributed by atoms with Crippen molar-refractivity contribution in [2.45, 2.75) is 31.2 Å². The third kappa shape index (κ3) is 4.14. The summed E-state index contributed by atoms with van der Waals surface area (Å²) < 4.78 is 1.68. The van der Waals surface area contributed by atoms with Crippen LogP contribution in [0.25, 0.3) is 16.5 Å². The van der Waals surface area contributed by atoms with E-state index in [1.165, 1.54) is 17.3 Å². The summed E-state index contributed by atoms with van der Waals surface area (Å²) in [6, 6.07) is 20.1. The van der Waals surface area contributed by atoms with E-state index in [9.17, 15) is 4.79 Å². The summed E-state index contributed by atoms with van der Waals surface area (Å²) in [5.74, 6) is -0.0968. The lowest BCUT2D eigenvalue weighted by Gasteiger charge is -2.13. The zero-order valence-electron chi connectivity index (χ0n) is 16.5. The number of nitrogens with one attached hydrogen (secondary N) is 1. The predicted molar refractivity (Wildman–Crippen MR) is 117 cm³/mol. The van der Waals surface area contributed by atoms with Crippen molar-refractivity contribution in [1.29, 1.82) is 0 Å². The van der Waals surface area contributed by atoms with Gasteiger partial charge in [0.25, 0.3) is 0 Å². The van der Waals surface area contributed by atoms with E-state index >= 15 is 0 Å². The van der Waals surface area contributed by atoms with Gasteiger partial charge in [-0.05, 0) is 65.7 Å². The van der Waals surface area contributed by atoms with Crippen LogP contribution in [0, 0.1) is 13.8 Å². The molecule has 0 fully saturated rings. The first kappa shape index (κ1) is 19.1. The van der Waals surface area contributed by atoms with E-state index in [0.717, 1.165) is 27.7 Å². The highest BCUT2D eigenvalue weighted by molar-refractivity contribution is 8.00. The van der Waals surface area contributed by atoms with Crippen LogP contribution in [0.15, 0.2) is 65.8 Å². The number of nitrogens with zero attached hydrogens (tertiary/aromatic N) is 4. The Kier molecular flexibility index (Phi) is 5.31. The molecule has 1 atom stereocenters. The molecule has 0 bridgehead atoms. The Bertz CT molecular complexity index is 1190.